The first-order valence-corrected chi connectivity index (χ1v) is 7.51. The second-order valence-electron chi connectivity index (χ2n) is 6.40. The fourth-order valence-electron chi connectivity index (χ4n) is 2.16. The molecule has 3 rings (SSSR count). The predicted molar refractivity (Wildman–Crippen MR) is 86.9 cm³/mol. The van der Waals surface area contributed by atoms with Crippen LogP contribution in [-0.4, -0.2) is 25.3 Å². The van der Waals surface area contributed by atoms with E-state index in [-0.39, 0.29) is 5.60 Å². The molecule has 0 aliphatic rings. The minimum atomic E-state index is -0.202. The van der Waals surface area contributed by atoms with Crippen molar-refractivity contribution in [2.45, 2.75) is 39.5 Å². The molecule has 0 aromatic carbocycles. The van der Waals surface area contributed by atoms with E-state index in [9.17, 15) is 0 Å². The molecule has 0 atom stereocenters. The Bertz CT molecular complexity index is 800. The van der Waals surface area contributed by atoms with Gasteiger partial charge in [0, 0.05) is 19.3 Å². The number of pyridine rings is 1. The van der Waals surface area contributed by atoms with Crippen LogP contribution < -0.4 is 5.32 Å². The molecule has 1 N–H and O–H groups in total. The monoisotopic (exact) mass is 315 g/mol. The van der Waals surface area contributed by atoms with Gasteiger partial charge in [-0.3, -0.25) is 4.98 Å². The third kappa shape index (κ3) is 3.68. The third-order valence-corrected chi connectivity index (χ3v) is 3.37. The lowest BCUT2D eigenvalue weighted by Crippen LogP contribution is -2.18. The second kappa shape index (κ2) is 6.00. The summed E-state index contributed by atoms with van der Waals surface area (Å²) in [5.41, 5.74) is 2.49. The van der Waals surface area contributed by atoms with Crippen molar-refractivity contribution in [2.24, 2.45) is 7.05 Å². The number of rotatable bonds is 5. The third-order valence-electron chi connectivity index (χ3n) is 3.37. The fourth-order valence-corrected chi connectivity index (χ4v) is 2.16. The maximum absolute atomic E-state index is 5.67. The summed E-state index contributed by atoms with van der Waals surface area (Å²) in [5.74, 6) is 1.48. The van der Waals surface area contributed by atoms with Crippen molar-refractivity contribution >= 4 is 17.0 Å². The molecule has 3 aromatic rings. The van der Waals surface area contributed by atoms with Gasteiger partial charge in [0.25, 0.3) is 0 Å². The number of imidazole rings is 1. The number of ether oxygens (including phenoxy) is 1. The van der Waals surface area contributed by atoms with Crippen molar-refractivity contribution < 1.29 is 9.26 Å². The Morgan fingerprint density at radius 1 is 1.35 bits per heavy atom. The zero-order valence-corrected chi connectivity index (χ0v) is 13.8. The average molecular weight is 315 g/mol. The molecule has 0 aliphatic carbocycles. The molecule has 122 valence electrons. The van der Waals surface area contributed by atoms with Gasteiger partial charge in [-0.05, 0) is 26.8 Å². The summed E-state index contributed by atoms with van der Waals surface area (Å²) in [6.45, 7) is 6.96. The van der Waals surface area contributed by atoms with Gasteiger partial charge in [-0.15, -0.1) is 0 Å². The molecule has 0 aliphatic heterocycles. The molecular weight excluding hydrogens is 294 g/mol. The number of fused-ring (bicyclic) bond motifs is 1. The molecule has 0 saturated heterocycles. The lowest BCUT2D eigenvalue weighted by molar-refractivity contribution is -0.0241. The van der Waals surface area contributed by atoms with E-state index in [1.54, 1.807) is 12.4 Å². The van der Waals surface area contributed by atoms with Crippen molar-refractivity contribution in [3.05, 3.63) is 36.0 Å². The van der Waals surface area contributed by atoms with Crippen LogP contribution in [0.25, 0.3) is 11.0 Å². The first-order chi connectivity index (χ1) is 10.9. The maximum Gasteiger partial charge on any atom is 0.203 e. The predicted octanol–water partition coefficient (Wildman–Crippen LogP) is 2.88. The van der Waals surface area contributed by atoms with Gasteiger partial charge < -0.3 is 19.1 Å². The first-order valence-electron chi connectivity index (χ1n) is 7.51. The summed E-state index contributed by atoms with van der Waals surface area (Å²) in [4.78, 5) is 8.65. The minimum absolute atomic E-state index is 0.202. The molecule has 0 spiro atoms. The number of hydrogen-bond acceptors (Lipinski definition) is 6. The summed E-state index contributed by atoms with van der Waals surface area (Å²) >= 11 is 0. The summed E-state index contributed by atoms with van der Waals surface area (Å²) in [7, 11) is 1.95. The van der Waals surface area contributed by atoms with Gasteiger partial charge in [-0.25, -0.2) is 4.98 Å². The van der Waals surface area contributed by atoms with Crippen LogP contribution in [-0.2, 0) is 24.9 Å². The Labute approximate surface area is 134 Å². The summed E-state index contributed by atoms with van der Waals surface area (Å²) in [6, 6.07) is 3.78. The van der Waals surface area contributed by atoms with E-state index < -0.39 is 0 Å². The van der Waals surface area contributed by atoms with Crippen molar-refractivity contribution in [1.29, 1.82) is 0 Å². The fraction of sp³-hybridized carbons (Fsp3) is 0.438. The Balaban J connectivity index is 1.64. The highest BCUT2D eigenvalue weighted by Gasteiger charge is 2.13. The minimum Gasteiger partial charge on any atom is -0.368 e. The number of nitrogens with zero attached hydrogens (tertiary/aromatic N) is 4. The lowest BCUT2D eigenvalue weighted by Gasteiger charge is -2.17. The summed E-state index contributed by atoms with van der Waals surface area (Å²) < 4.78 is 12.9. The zero-order valence-electron chi connectivity index (χ0n) is 13.8. The maximum atomic E-state index is 5.67. The van der Waals surface area contributed by atoms with Gasteiger partial charge in [0.15, 0.2) is 5.76 Å². The molecular formula is C16H21N5O2. The van der Waals surface area contributed by atoms with Gasteiger partial charge in [0.1, 0.15) is 12.3 Å². The van der Waals surface area contributed by atoms with Gasteiger partial charge in [0.2, 0.25) is 5.95 Å². The van der Waals surface area contributed by atoms with Crippen molar-refractivity contribution in [3.63, 3.8) is 0 Å². The smallest absolute Gasteiger partial charge is 0.203 e. The normalized spacial score (nSPS) is 12.0. The van der Waals surface area contributed by atoms with Crippen LogP contribution in [0, 0.1) is 0 Å². The number of aryl methyl sites for hydroxylation is 1. The molecule has 0 saturated carbocycles. The number of aromatic nitrogens is 4. The topological polar surface area (TPSA) is 78.0 Å². The van der Waals surface area contributed by atoms with E-state index in [1.807, 2.05) is 44.5 Å². The van der Waals surface area contributed by atoms with Crippen LogP contribution in [0.3, 0.4) is 0 Å². The molecule has 0 unspecified atom stereocenters. The number of nitrogens with one attached hydrogen (secondary N) is 1. The Kier molecular flexibility index (Phi) is 4.04. The SMILES string of the molecule is Cn1c(NCc2cc(COC(C)(C)C)on2)nc2ccncc21. The molecule has 7 nitrogen and oxygen atoms in total. The van der Waals surface area contributed by atoms with Crippen molar-refractivity contribution in [3.8, 4) is 0 Å². The van der Waals surface area contributed by atoms with E-state index in [0.29, 0.717) is 18.9 Å². The lowest BCUT2D eigenvalue weighted by atomic mass is 10.2. The van der Waals surface area contributed by atoms with E-state index in [4.69, 9.17) is 9.26 Å². The molecule has 0 amide bonds. The van der Waals surface area contributed by atoms with Crippen molar-refractivity contribution in [2.75, 3.05) is 5.32 Å². The van der Waals surface area contributed by atoms with Crippen LogP contribution in [0.2, 0.25) is 0 Å². The van der Waals surface area contributed by atoms with Gasteiger partial charge in [-0.1, -0.05) is 5.16 Å². The molecule has 0 bridgehead atoms. The van der Waals surface area contributed by atoms with Crippen LogP contribution in [0.15, 0.2) is 29.0 Å². The van der Waals surface area contributed by atoms with E-state index in [2.05, 4.69) is 20.4 Å². The van der Waals surface area contributed by atoms with Crippen LogP contribution in [0.4, 0.5) is 5.95 Å². The second-order valence-corrected chi connectivity index (χ2v) is 6.40. The van der Waals surface area contributed by atoms with Gasteiger partial charge in [0.05, 0.1) is 29.4 Å². The molecule has 3 aromatic heterocycles. The highest BCUT2D eigenvalue weighted by molar-refractivity contribution is 5.77. The molecule has 3 heterocycles. The van der Waals surface area contributed by atoms with E-state index in [1.165, 1.54) is 0 Å². The quantitative estimate of drug-likeness (QED) is 0.780. The molecule has 23 heavy (non-hydrogen) atoms. The Morgan fingerprint density at radius 2 is 2.17 bits per heavy atom. The van der Waals surface area contributed by atoms with Crippen LogP contribution >= 0.6 is 0 Å². The van der Waals surface area contributed by atoms with E-state index >= 15 is 0 Å². The summed E-state index contributed by atoms with van der Waals surface area (Å²) in [6.07, 6.45) is 3.53. The molecule has 7 heteroatoms. The van der Waals surface area contributed by atoms with Crippen molar-refractivity contribution in [1.82, 2.24) is 19.7 Å². The summed E-state index contributed by atoms with van der Waals surface area (Å²) in [5, 5.41) is 7.31. The van der Waals surface area contributed by atoms with Crippen LogP contribution in [0.5, 0.6) is 0 Å². The standard InChI is InChI=1S/C16H21N5O2/c1-16(2,3)22-10-12-7-11(20-23-12)8-18-15-19-13-5-6-17-9-14(13)21(15)4/h5-7,9H,8,10H2,1-4H3,(H,18,19). The number of anilines is 1. The highest BCUT2D eigenvalue weighted by Crippen LogP contribution is 2.17. The van der Waals surface area contributed by atoms with E-state index in [0.717, 1.165) is 22.7 Å². The number of hydrogen-bond donors (Lipinski definition) is 1. The average Bonchev–Trinajstić information content (AvgIpc) is 3.08. The largest absolute Gasteiger partial charge is 0.368 e. The van der Waals surface area contributed by atoms with Gasteiger partial charge in [-0.2, -0.15) is 0 Å². The molecule has 0 radical (unpaired) electrons. The zero-order chi connectivity index (χ0) is 16.4. The Hall–Kier alpha value is -2.41. The molecule has 0 fully saturated rings. The Morgan fingerprint density at radius 3 is 2.91 bits per heavy atom. The highest BCUT2D eigenvalue weighted by atomic mass is 16.5. The first kappa shape index (κ1) is 15.5. The van der Waals surface area contributed by atoms with Gasteiger partial charge >= 0.3 is 0 Å². The van der Waals surface area contributed by atoms with Crippen LogP contribution in [0.1, 0.15) is 32.2 Å².